The van der Waals surface area contributed by atoms with E-state index in [9.17, 15) is 5.11 Å². The zero-order valence-corrected chi connectivity index (χ0v) is 11.0. The fourth-order valence-electron chi connectivity index (χ4n) is 2.77. The van der Waals surface area contributed by atoms with Crippen molar-refractivity contribution in [3.8, 4) is 5.69 Å². The number of aliphatic hydroxyl groups is 1. The lowest BCUT2D eigenvalue weighted by Crippen LogP contribution is -2.45. The van der Waals surface area contributed by atoms with E-state index in [4.69, 9.17) is 0 Å². The lowest BCUT2D eigenvalue weighted by atomic mass is 9.90. The van der Waals surface area contributed by atoms with Gasteiger partial charge in [0.25, 0.3) is 0 Å². The van der Waals surface area contributed by atoms with Crippen molar-refractivity contribution in [2.75, 3.05) is 20.1 Å². The molecule has 100 valence electrons. The van der Waals surface area contributed by atoms with Gasteiger partial charge in [-0.15, -0.1) is 5.10 Å². The topological polar surface area (TPSA) is 54.2 Å². The minimum atomic E-state index is -0.869. The fourth-order valence-corrected chi connectivity index (χ4v) is 2.77. The van der Waals surface area contributed by atoms with Gasteiger partial charge in [-0.1, -0.05) is 23.4 Å². The quantitative estimate of drug-likeness (QED) is 0.879. The van der Waals surface area contributed by atoms with Gasteiger partial charge in [-0.05, 0) is 38.6 Å². The third kappa shape index (κ3) is 2.27. The number of aromatic nitrogens is 3. The van der Waals surface area contributed by atoms with E-state index in [-0.39, 0.29) is 0 Å². The smallest absolute Gasteiger partial charge is 0.121 e. The predicted molar refractivity (Wildman–Crippen MR) is 72.0 cm³/mol. The maximum Gasteiger partial charge on any atom is 0.121 e. The Kier molecular flexibility index (Phi) is 3.08. The van der Waals surface area contributed by atoms with Crippen LogP contribution >= 0.6 is 0 Å². The summed E-state index contributed by atoms with van der Waals surface area (Å²) in [6.45, 7) is 1.64. The largest absolute Gasteiger partial charge is 0.382 e. The zero-order chi connectivity index (χ0) is 13.3. The van der Waals surface area contributed by atoms with Gasteiger partial charge >= 0.3 is 0 Å². The van der Waals surface area contributed by atoms with Crippen molar-refractivity contribution >= 4 is 0 Å². The van der Waals surface area contributed by atoms with Gasteiger partial charge < -0.3 is 10.0 Å². The summed E-state index contributed by atoms with van der Waals surface area (Å²) in [7, 11) is 2.03. The van der Waals surface area contributed by atoms with E-state index in [1.54, 1.807) is 10.9 Å². The number of hydrogen-bond acceptors (Lipinski definition) is 4. The van der Waals surface area contributed by atoms with Crippen LogP contribution in [0.4, 0.5) is 0 Å². The number of para-hydroxylation sites is 1. The molecule has 0 aliphatic carbocycles. The van der Waals surface area contributed by atoms with E-state index < -0.39 is 5.60 Å². The number of likely N-dealkylation sites (N-methyl/N-ethyl adjacent to an activating group) is 1. The van der Waals surface area contributed by atoms with Crippen LogP contribution in [0.5, 0.6) is 0 Å². The molecule has 1 aromatic heterocycles. The van der Waals surface area contributed by atoms with Crippen LogP contribution in [0.3, 0.4) is 0 Å². The molecular formula is C14H18N4O. The first-order chi connectivity index (χ1) is 9.19. The van der Waals surface area contributed by atoms with E-state index in [0.717, 1.165) is 30.8 Å². The molecule has 0 amide bonds. The summed E-state index contributed by atoms with van der Waals surface area (Å²) < 4.78 is 1.74. The molecule has 5 nitrogen and oxygen atoms in total. The summed E-state index contributed by atoms with van der Waals surface area (Å²) in [6, 6.07) is 9.81. The van der Waals surface area contributed by atoms with Crippen LogP contribution in [0.1, 0.15) is 18.5 Å². The number of nitrogens with zero attached hydrogens (tertiary/aromatic N) is 4. The SMILES string of the molecule is CN1CCCC(O)(c2cnnn2-c2ccccc2)C1. The molecule has 0 saturated carbocycles. The predicted octanol–water partition coefficient (Wildman–Crippen LogP) is 1.18. The van der Waals surface area contributed by atoms with Crippen LogP contribution in [-0.2, 0) is 5.60 Å². The van der Waals surface area contributed by atoms with Crippen molar-refractivity contribution in [1.82, 2.24) is 19.9 Å². The first kappa shape index (κ1) is 12.3. The average molecular weight is 258 g/mol. The number of piperidine rings is 1. The first-order valence-corrected chi connectivity index (χ1v) is 6.57. The van der Waals surface area contributed by atoms with E-state index in [1.807, 2.05) is 37.4 Å². The minimum Gasteiger partial charge on any atom is -0.382 e. The van der Waals surface area contributed by atoms with Crippen molar-refractivity contribution in [2.45, 2.75) is 18.4 Å². The van der Waals surface area contributed by atoms with Crippen molar-refractivity contribution < 1.29 is 5.11 Å². The maximum atomic E-state index is 10.9. The second-order valence-corrected chi connectivity index (χ2v) is 5.24. The van der Waals surface area contributed by atoms with Gasteiger partial charge in [0.1, 0.15) is 5.60 Å². The molecule has 1 atom stereocenters. The standard InChI is InChI=1S/C14H18N4O/c1-17-9-5-8-14(19,11-17)13-10-15-16-18(13)12-6-3-2-4-7-12/h2-4,6-7,10,19H,5,8-9,11H2,1H3. The Hall–Kier alpha value is -1.72. The van der Waals surface area contributed by atoms with E-state index in [0.29, 0.717) is 6.54 Å². The second-order valence-electron chi connectivity index (χ2n) is 5.24. The first-order valence-electron chi connectivity index (χ1n) is 6.57. The monoisotopic (exact) mass is 258 g/mol. The van der Waals surface area contributed by atoms with Gasteiger partial charge in [0.05, 0.1) is 17.6 Å². The molecule has 1 N–H and O–H groups in total. The fraction of sp³-hybridized carbons (Fsp3) is 0.429. The molecule has 1 fully saturated rings. The van der Waals surface area contributed by atoms with Crippen LogP contribution in [0.15, 0.2) is 36.5 Å². The Morgan fingerprint density at radius 3 is 2.79 bits per heavy atom. The summed E-state index contributed by atoms with van der Waals surface area (Å²) in [5.74, 6) is 0. The third-order valence-electron chi connectivity index (χ3n) is 3.69. The Morgan fingerprint density at radius 2 is 2.05 bits per heavy atom. The minimum absolute atomic E-state index is 0.618. The Bertz CT molecular complexity index is 554. The van der Waals surface area contributed by atoms with Gasteiger partial charge in [-0.3, -0.25) is 0 Å². The average Bonchev–Trinajstić information content (AvgIpc) is 2.89. The highest BCUT2D eigenvalue weighted by molar-refractivity contribution is 5.33. The van der Waals surface area contributed by atoms with Gasteiger partial charge in [0.2, 0.25) is 0 Å². The molecule has 5 heteroatoms. The number of likely N-dealkylation sites (tertiary alicyclic amines) is 1. The van der Waals surface area contributed by atoms with E-state index in [1.165, 1.54) is 0 Å². The van der Waals surface area contributed by atoms with E-state index in [2.05, 4.69) is 15.2 Å². The Morgan fingerprint density at radius 1 is 1.26 bits per heavy atom. The lowest BCUT2D eigenvalue weighted by Gasteiger charge is -2.37. The molecule has 2 aromatic rings. The van der Waals surface area contributed by atoms with Gasteiger partial charge in [-0.25, -0.2) is 4.68 Å². The summed E-state index contributed by atoms with van der Waals surface area (Å²) in [4.78, 5) is 2.14. The van der Waals surface area contributed by atoms with Crippen LogP contribution in [0.25, 0.3) is 5.69 Å². The Balaban J connectivity index is 2.00. The highest BCUT2D eigenvalue weighted by Gasteiger charge is 2.37. The number of rotatable bonds is 2. The Labute approximate surface area is 112 Å². The van der Waals surface area contributed by atoms with Crippen molar-refractivity contribution in [1.29, 1.82) is 0 Å². The van der Waals surface area contributed by atoms with E-state index >= 15 is 0 Å². The van der Waals surface area contributed by atoms with Crippen molar-refractivity contribution in [3.63, 3.8) is 0 Å². The van der Waals surface area contributed by atoms with Crippen LogP contribution in [0.2, 0.25) is 0 Å². The van der Waals surface area contributed by atoms with Gasteiger partial charge in [0, 0.05) is 6.54 Å². The molecule has 0 bridgehead atoms. The summed E-state index contributed by atoms with van der Waals surface area (Å²) >= 11 is 0. The van der Waals surface area contributed by atoms with Crippen LogP contribution in [-0.4, -0.2) is 45.1 Å². The molecule has 19 heavy (non-hydrogen) atoms. The van der Waals surface area contributed by atoms with Crippen molar-refractivity contribution in [3.05, 3.63) is 42.2 Å². The van der Waals surface area contributed by atoms with Crippen LogP contribution < -0.4 is 0 Å². The third-order valence-corrected chi connectivity index (χ3v) is 3.69. The molecule has 2 heterocycles. The lowest BCUT2D eigenvalue weighted by molar-refractivity contribution is -0.0329. The molecule has 0 spiro atoms. The molecule has 1 saturated heterocycles. The normalized spacial score (nSPS) is 24.5. The van der Waals surface area contributed by atoms with Gasteiger partial charge in [0.15, 0.2) is 0 Å². The zero-order valence-electron chi connectivity index (χ0n) is 11.0. The van der Waals surface area contributed by atoms with Crippen LogP contribution in [0, 0.1) is 0 Å². The molecule has 1 aliphatic rings. The maximum absolute atomic E-state index is 10.9. The van der Waals surface area contributed by atoms with Crippen molar-refractivity contribution in [2.24, 2.45) is 0 Å². The molecule has 1 unspecified atom stereocenters. The summed E-state index contributed by atoms with van der Waals surface area (Å²) in [6.07, 6.45) is 3.40. The summed E-state index contributed by atoms with van der Waals surface area (Å²) in [5, 5.41) is 19.0. The molecule has 1 aliphatic heterocycles. The molecule has 1 aromatic carbocycles. The molecule has 3 rings (SSSR count). The highest BCUT2D eigenvalue weighted by atomic mass is 16.3. The second kappa shape index (κ2) is 4.75. The molecular weight excluding hydrogens is 240 g/mol. The summed E-state index contributed by atoms with van der Waals surface area (Å²) in [5.41, 5.74) is 0.827. The number of benzene rings is 1. The van der Waals surface area contributed by atoms with Gasteiger partial charge in [-0.2, -0.15) is 0 Å². The number of hydrogen-bond donors (Lipinski definition) is 1. The number of β-amino-alcohol motifs (C(OH)–C–C–N with tert-alkyl or cyclic N) is 1. The molecule has 0 radical (unpaired) electrons. The highest BCUT2D eigenvalue weighted by Crippen LogP contribution is 2.31.